The Labute approximate surface area is 127 Å². The number of carbonyl (C=O) groups is 1. The van der Waals surface area contributed by atoms with Crippen LogP contribution in [0.5, 0.6) is 0 Å². The van der Waals surface area contributed by atoms with Gasteiger partial charge in [-0.25, -0.2) is 4.79 Å². The Balaban J connectivity index is 1.77. The summed E-state index contributed by atoms with van der Waals surface area (Å²) in [5.41, 5.74) is 0. The van der Waals surface area contributed by atoms with Gasteiger partial charge in [0.05, 0.1) is 12.3 Å². The maximum Gasteiger partial charge on any atom is 0.315 e. The van der Waals surface area contributed by atoms with Crippen LogP contribution < -0.4 is 10.6 Å². The SMILES string of the molecule is CC1CCC(NC(=O)NCC(c2ccco2)N(C)C)CC1. The van der Waals surface area contributed by atoms with E-state index in [1.807, 2.05) is 31.1 Å². The van der Waals surface area contributed by atoms with E-state index >= 15 is 0 Å². The average Bonchev–Trinajstić information content (AvgIpc) is 2.95. The third-order valence-corrected chi connectivity index (χ3v) is 4.30. The molecule has 1 heterocycles. The molecule has 0 radical (unpaired) electrons. The molecule has 118 valence electrons. The van der Waals surface area contributed by atoms with Crippen LogP contribution in [-0.4, -0.2) is 37.6 Å². The highest BCUT2D eigenvalue weighted by atomic mass is 16.3. The summed E-state index contributed by atoms with van der Waals surface area (Å²) in [7, 11) is 3.96. The van der Waals surface area contributed by atoms with Gasteiger partial charge in [0.25, 0.3) is 0 Å². The van der Waals surface area contributed by atoms with Crippen molar-refractivity contribution in [1.29, 1.82) is 0 Å². The topological polar surface area (TPSA) is 57.5 Å². The fourth-order valence-electron chi connectivity index (χ4n) is 2.85. The van der Waals surface area contributed by atoms with Gasteiger partial charge < -0.3 is 15.1 Å². The average molecular weight is 293 g/mol. The van der Waals surface area contributed by atoms with E-state index in [1.54, 1.807) is 6.26 Å². The van der Waals surface area contributed by atoms with Crippen molar-refractivity contribution in [1.82, 2.24) is 15.5 Å². The summed E-state index contributed by atoms with van der Waals surface area (Å²) < 4.78 is 5.44. The highest BCUT2D eigenvalue weighted by molar-refractivity contribution is 5.74. The number of hydrogen-bond donors (Lipinski definition) is 2. The minimum absolute atomic E-state index is 0.0529. The number of nitrogens with one attached hydrogen (secondary N) is 2. The van der Waals surface area contributed by atoms with Gasteiger partial charge in [0.2, 0.25) is 0 Å². The number of likely N-dealkylation sites (N-methyl/N-ethyl adjacent to an activating group) is 1. The van der Waals surface area contributed by atoms with Gasteiger partial charge in [0.1, 0.15) is 5.76 Å². The molecule has 1 aliphatic rings. The largest absolute Gasteiger partial charge is 0.468 e. The van der Waals surface area contributed by atoms with Gasteiger partial charge in [-0.3, -0.25) is 4.90 Å². The van der Waals surface area contributed by atoms with Gasteiger partial charge in [-0.05, 0) is 57.8 Å². The van der Waals surface area contributed by atoms with Gasteiger partial charge in [0, 0.05) is 12.6 Å². The molecule has 5 nitrogen and oxygen atoms in total. The maximum atomic E-state index is 12.0. The van der Waals surface area contributed by atoms with E-state index in [1.165, 1.54) is 12.8 Å². The molecule has 2 N–H and O–H groups in total. The molecule has 1 aliphatic carbocycles. The monoisotopic (exact) mass is 293 g/mol. The van der Waals surface area contributed by atoms with E-state index in [0.29, 0.717) is 12.6 Å². The number of furan rings is 1. The minimum Gasteiger partial charge on any atom is -0.468 e. The van der Waals surface area contributed by atoms with Crippen molar-refractivity contribution in [2.75, 3.05) is 20.6 Å². The maximum absolute atomic E-state index is 12.0. The van der Waals surface area contributed by atoms with Gasteiger partial charge in [0.15, 0.2) is 0 Å². The summed E-state index contributed by atoms with van der Waals surface area (Å²) in [6.07, 6.45) is 6.25. The fraction of sp³-hybridized carbons (Fsp3) is 0.688. The Morgan fingerprint density at radius 1 is 1.38 bits per heavy atom. The van der Waals surface area contributed by atoms with Crippen molar-refractivity contribution in [2.45, 2.75) is 44.7 Å². The molecule has 0 spiro atoms. The molecule has 1 aromatic rings. The van der Waals surface area contributed by atoms with Crippen LogP contribution >= 0.6 is 0 Å². The van der Waals surface area contributed by atoms with E-state index in [0.717, 1.165) is 24.5 Å². The predicted molar refractivity (Wildman–Crippen MR) is 83.1 cm³/mol. The van der Waals surface area contributed by atoms with Crippen LogP contribution in [0.1, 0.15) is 44.4 Å². The quantitative estimate of drug-likeness (QED) is 0.877. The zero-order chi connectivity index (χ0) is 15.2. The summed E-state index contributed by atoms with van der Waals surface area (Å²) in [6.45, 7) is 2.82. The highest BCUT2D eigenvalue weighted by Crippen LogP contribution is 2.23. The zero-order valence-corrected chi connectivity index (χ0v) is 13.3. The number of carbonyl (C=O) groups excluding carboxylic acids is 1. The van der Waals surface area contributed by atoms with E-state index in [4.69, 9.17) is 4.42 Å². The molecule has 1 fully saturated rings. The lowest BCUT2D eigenvalue weighted by Crippen LogP contribution is -2.45. The lowest BCUT2D eigenvalue weighted by atomic mass is 9.87. The third kappa shape index (κ3) is 4.77. The highest BCUT2D eigenvalue weighted by Gasteiger charge is 2.21. The van der Waals surface area contributed by atoms with Crippen molar-refractivity contribution in [3.05, 3.63) is 24.2 Å². The number of nitrogens with zero attached hydrogens (tertiary/aromatic N) is 1. The van der Waals surface area contributed by atoms with E-state index < -0.39 is 0 Å². The molecule has 1 saturated carbocycles. The van der Waals surface area contributed by atoms with Gasteiger partial charge >= 0.3 is 6.03 Å². The molecule has 0 aromatic carbocycles. The Morgan fingerprint density at radius 2 is 2.10 bits per heavy atom. The third-order valence-electron chi connectivity index (χ3n) is 4.30. The van der Waals surface area contributed by atoms with Crippen LogP contribution in [0.25, 0.3) is 0 Å². The van der Waals surface area contributed by atoms with Gasteiger partial charge in [-0.15, -0.1) is 0 Å². The van der Waals surface area contributed by atoms with Crippen LogP contribution in [0.3, 0.4) is 0 Å². The van der Waals surface area contributed by atoms with Crippen molar-refractivity contribution in [3.8, 4) is 0 Å². The van der Waals surface area contributed by atoms with Crippen LogP contribution in [0, 0.1) is 5.92 Å². The summed E-state index contributed by atoms with van der Waals surface area (Å²) in [4.78, 5) is 14.1. The fourth-order valence-corrected chi connectivity index (χ4v) is 2.85. The smallest absolute Gasteiger partial charge is 0.315 e. The van der Waals surface area contributed by atoms with Crippen molar-refractivity contribution >= 4 is 6.03 Å². The first-order valence-corrected chi connectivity index (χ1v) is 7.80. The molecular formula is C16H27N3O2. The molecule has 2 rings (SSSR count). The second-order valence-corrected chi connectivity index (χ2v) is 6.31. The van der Waals surface area contributed by atoms with E-state index in [9.17, 15) is 4.79 Å². The van der Waals surface area contributed by atoms with Crippen LogP contribution in [-0.2, 0) is 0 Å². The molecule has 0 saturated heterocycles. The molecule has 0 bridgehead atoms. The first-order valence-electron chi connectivity index (χ1n) is 7.80. The predicted octanol–water partition coefficient (Wildman–Crippen LogP) is 2.76. The molecule has 1 unspecified atom stereocenters. The summed E-state index contributed by atoms with van der Waals surface area (Å²) in [6, 6.07) is 4.11. The Kier molecular flexibility index (Phi) is 5.67. The minimum atomic E-state index is -0.0760. The molecule has 1 atom stereocenters. The standard InChI is InChI=1S/C16H27N3O2/c1-12-6-8-13(9-7-12)18-16(20)17-11-14(19(2)3)15-5-4-10-21-15/h4-5,10,12-14H,6-9,11H2,1-3H3,(H2,17,18,20). The lowest BCUT2D eigenvalue weighted by Gasteiger charge is -2.28. The summed E-state index contributed by atoms with van der Waals surface area (Å²) >= 11 is 0. The molecule has 2 amide bonds. The molecule has 0 aliphatic heterocycles. The van der Waals surface area contributed by atoms with Crippen molar-refractivity contribution in [2.24, 2.45) is 5.92 Å². The van der Waals surface area contributed by atoms with Crippen LogP contribution in [0.4, 0.5) is 4.79 Å². The second-order valence-electron chi connectivity index (χ2n) is 6.31. The Morgan fingerprint density at radius 3 is 2.67 bits per heavy atom. The number of urea groups is 1. The first-order chi connectivity index (χ1) is 10.1. The number of amides is 2. The lowest BCUT2D eigenvalue weighted by molar-refractivity contribution is 0.216. The zero-order valence-electron chi connectivity index (χ0n) is 13.3. The summed E-state index contributed by atoms with van der Waals surface area (Å²) in [5.74, 6) is 1.66. The molecule has 1 aromatic heterocycles. The van der Waals surface area contributed by atoms with E-state index in [-0.39, 0.29) is 12.1 Å². The number of rotatable bonds is 5. The van der Waals surface area contributed by atoms with Gasteiger partial charge in [-0.2, -0.15) is 0 Å². The van der Waals surface area contributed by atoms with Crippen LogP contribution in [0.2, 0.25) is 0 Å². The van der Waals surface area contributed by atoms with Gasteiger partial charge in [-0.1, -0.05) is 6.92 Å². The molecular weight excluding hydrogens is 266 g/mol. The second kappa shape index (κ2) is 7.50. The number of hydrogen-bond acceptors (Lipinski definition) is 3. The molecule has 21 heavy (non-hydrogen) atoms. The Bertz CT molecular complexity index is 423. The van der Waals surface area contributed by atoms with Crippen molar-refractivity contribution < 1.29 is 9.21 Å². The van der Waals surface area contributed by atoms with Crippen molar-refractivity contribution in [3.63, 3.8) is 0 Å². The Hall–Kier alpha value is -1.49. The molecule has 5 heteroatoms. The first kappa shape index (κ1) is 15.9. The van der Waals surface area contributed by atoms with E-state index in [2.05, 4.69) is 17.6 Å². The normalized spacial score (nSPS) is 23.8. The summed E-state index contributed by atoms with van der Waals surface area (Å²) in [5, 5.41) is 6.04. The van der Waals surface area contributed by atoms with Crippen LogP contribution in [0.15, 0.2) is 22.8 Å².